The average molecular weight is 352 g/mol. The maximum absolute atomic E-state index is 13.5. The molecular weight excluding hydrogens is 335 g/mol. The van der Waals surface area contributed by atoms with Crippen molar-refractivity contribution in [3.63, 3.8) is 0 Å². The summed E-state index contributed by atoms with van der Waals surface area (Å²) >= 11 is 0. The van der Waals surface area contributed by atoms with Gasteiger partial charge in [0, 0.05) is 17.3 Å². The fourth-order valence-electron chi connectivity index (χ4n) is 3.71. The first-order valence-electron chi connectivity index (χ1n) is 8.97. The van der Waals surface area contributed by atoms with E-state index in [9.17, 15) is 4.39 Å². The molecule has 1 aliphatic heterocycles. The molecule has 0 saturated heterocycles. The molecule has 0 aliphatic carbocycles. The smallest absolute Gasteiger partial charge is 0.123 e. The third kappa shape index (κ3) is 2.68. The standard InChI is InChI=1S/C24H17FN2/c25-19-14-12-18(13-15-19)24-22-11-6-16-27(22)21-10-5-4-9-20(21)23(26-24)17-7-2-1-3-8-17/h1-16,23H. The quantitative estimate of drug-likeness (QED) is 0.450. The number of nitrogens with zero attached hydrogens (tertiary/aromatic N) is 2. The van der Waals surface area contributed by atoms with E-state index in [1.807, 2.05) is 30.3 Å². The molecule has 4 aromatic rings. The highest BCUT2D eigenvalue weighted by Crippen LogP contribution is 2.35. The van der Waals surface area contributed by atoms with Gasteiger partial charge in [0.1, 0.15) is 11.9 Å². The summed E-state index contributed by atoms with van der Waals surface area (Å²) in [5.74, 6) is -0.244. The van der Waals surface area contributed by atoms with E-state index in [4.69, 9.17) is 4.99 Å². The van der Waals surface area contributed by atoms with Gasteiger partial charge in [-0.25, -0.2) is 4.39 Å². The second-order valence-corrected chi connectivity index (χ2v) is 6.62. The number of hydrogen-bond acceptors (Lipinski definition) is 1. The lowest BCUT2D eigenvalue weighted by atomic mass is 9.97. The van der Waals surface area contributed by atoms with Crippen molar-refractivity contribution >= 4 is 5.71 Å². The largest absolute Gasteiger partial charge is 0.315 e. The molecule has 1 aliphatic rings. The van der Waals surface area contributed by atoms with Gasteiger partial charge in [0.25, 0.3) is 0 Å². The van der Waals surface area contributed by atoms with Crippen LogP contribution in [0.25, 0.3) is 5.69 Å². The molecule has 3 heteroatoms. The SMILES string of the molecule is Fc1ccc(C2=NC(c3ccccc3)c3ccccc3-n3cccc32)cc1. The van der Waals surface area contributed by atoms with Crippen LogP contribution in [0.5, 0.6) is 0 Å². The van der Waals surface area contributed by atoms with Gasteiger partial charge in [-0.15, -0.1) is 0 Å². The van der Waals surface area contributed by atoms with Crippen LogP contribution in [0.15, 0.2) is 102 Å². The zero-order valence-corrected chi connectivity index (χ0v) is 14.6. The minimum absolute atomic E-state index is 0.123. The van der Waals surface area contributed by atoms with Gasteiger partial charge in [-0.2, -0.15) is 0 Å². The Labute approximate surface area is 157 Å². The first-order chi connectivity index (χ1) is 13.3. The van der Waals surface area contributed by atoms with E-state index in [1.54, 1.807) is 12.1 Å². The summed E-state index contributed by atoms with van der Waals surface area (Å²) in [5, 5.41) is 0. The van der Waals surface area contributed by atoms with Gasteiger partial charge in [-0.1, -0.05) is 48.5 Å². The third-order valence-electron chi connectivity index (χ3n) is 4.97. The topological polar surface area (TPSA) is 17.3 Å². The number of benzene rings is 3. The second-order valence-electron chi connectivity index (χ2n) is 6.62. The summed E-state index contributed by atoms with van der Waals surface area (Å²) in [6.45, 7) is 0. The van der Waals surface area contributed by atoms with E-state index in [-0.39, 0.29) is 11.9 Å². The lowest BCUT2D eigenvalue weighted by molar-refractivity contribution is 0.628. The van der Waals surface area contributed by atoms with E-state index in [2.05, 4.69) is 47.2 Å². The van der Waals surface area contributed by atoms with Crippen molar-refractivity contribution in [2.45, 2.75) is 6.04 Å². The molecule has 0 saturated carbocycles. The van der Waals surface area contributed by atoms with Gasteiger partial charge in [0.2, 0.25) is 0 Å². The van der Waals surface area contributed by atoms with Crippen LogP contribution in [0, 0.1) is 5.82 Å². The van der Waals surface area contributed by atoms with Crippen molar-refractivity contribution < 1.29 is 4.39 Å². The van der Waals surface area contributed by atoms with Crippen LogP contribution < -0.4 is 0 Å². The molecule has 2 nitrogen and oxygen atoms in total. The van der Waals surface area contributed by atoms with Crippen molar-refractivity contribution in [1.29, 1.82) is 0 Å². The summed E-state index contributed by atoms with van der Waals surface area (Å²) in [7, 11) is 0. The Morgan fingerprint density at radius 3 is 2.30 bits per heavy atom. The van der Waals surface area contributed by atoms with Crippen molar-refractivity contribution in [1.82, 2.24) is 4.57 Å². The number of hydrogen-bond donors (Lipinski definition) is 0. The number of para-hydroxylation sites is 1. The summed E-state index contributed by atoms with van der Waals surface area (Å²) < 4.78 is 15.6. The fourth-order valence-corrected chi connectivity index (χ4v) is 3.71. The zero-order chi connectivity index (χ0) is 18.2. The molecule has 1 unspecified atom stereocenters. The highest BCUT2D eigenvalue weighted by molar-refractivity contribution is 6.12. The van der Waals surface area contributed by atoms with Crippen molar-refractivity contribution in [3.8, 4) is 5.69 Å². The fraction of sp³-hybridized carbons (Fsp3) is 0.0417. The molecule has 0 N–H and O–H groups in total. The predicted molar refractivity (Wildman–Crippen MR) is 106 cm³/mol. The van der Waals surface area contributed by atoms with Gasteiger partial charge in [0.15, 0.2) is 0 Å². The van der Waals surface area contributed by atoms with Crippen molar-refractivity contribution in [2.24, 2.45) is 4.99 Å². The first-order valence-corrected chi connectivity index (χ1v) is 8.97. The van der Waals surface area contributed by atoms with E-state index in [0.717, 1.165) is 33.8 Å². The van der Waals surface area contributed by atoms with Crippen LogP contribution in [-0.4, -0.2) is 10.3 Å². The van der Waals surface area contributed by atoms with E-state index < -0.39 is 0 Å². The number of halogens is 1. The maximum Gasteiger partial charge on any atom is 0.123 e. The van der Waals surface area contributed by atoms with Gasteiger partial charge in [0.05, 0.1) is 17.1 Å². The minimum atomic E-state index is -0.244. The van der Waals surface area contributed by atoms with Gasteiger partial charge in [-0.05, 0) is 48.0 Å². The van der Waals surface area contributed by atoms with Crippen LogP contribution in [0.2, 0.25) is 0 Å². The van der Waals surface area contributed by atoms with Gasteiger partial charge in [-0.3, -0.25) is 4.99 Å². The summed E-state index contributed by atoms with van der Waals surface area (Å²) in [6.07, 6.45) is 2.06. The highest BCUT2D eigenvalue weighted by Gasteiger charge is 2.25. The number of aromatic nitrogens is 1. The molecule has 5 rings (SSSR count). The molecule has 0 amide bonds. The maximum atomic E-state index is 13.5. The normalized spacial score (nSPS) is 15.4. The van der Waals surface area contributed by atoms with E-state index >= 15 is 0 Å². The molecule has 0 fully saturated rings. The Bertz CT molecular complexity index is 1120. The van der Waals surface area contributed by atoms with E-state index in [1.165, 1.54) is 12.1 Å². The van der Waals surface area contributed by atoms with E-state index in [0.29, 0.717) is 0 Å². The molecular formula is C24H17FN2. The number of fused-ring (bicyclic) bond motifs is 3. The summed E-state index contributed by atoms with van der Waals surface area (Å²) in [4.78, 5) is 5.17. The van der Waals surface area contributed by atoms with Crippen molar-refractivity contribution in [3.05, 3.63) is 125 Å². The summed E-state index contributed by atoms with van der Waals surface area (Å²) in [6, 6.07) is 29.2. The Morgan fingerprint density at radius 2 is 1.48 bits per heavy atom. The first kappa shape index (κ1) is 15.8. The highest BCUT2D eigenvalue weighted by atomic mass is 19.1. The Kier molecular flexibility index (Phi) is 3.72. The van der Waals surface area contributed by atoms with Crippen LogP contribution >= 0.6 is 0 Å². The molecule has 0 bridgehead atoms. The van der Waals surface area contributed by atoms with Gasteiger partial charge < -0.3 is 4.57 Å². The lowest BCUT2D eigenvalue weighted by Gasteiger charge is -2.16. The Hall–Kier alpha value is -3.46. The molecule has 0 radical (unpaired) electrons. The lowest BCUT2D eigenvalue weighted by Crippen LogP contribution is -2.08. The van der Waals surface area contributed by atoms with Crippen LogP contribution in [0.1, 0.15) is 28.4 Å². The number of rotatable bonds is 2. The number of aliphatic imine (C=N–C) groups is 1. The molecule has 1 atom stereocenters. The zero-order valence-electron chi connectivity index (χ0n) is 14.6. The Balaban J connectivity index is 1.80. The Morgan fingerprint density at radius 1 is 0.741 bits per heavy atom. The summed E-state index contributed by atoms with van der Waals surface area (Å²) in [5.41, 5.74) is 6.18. The molecule has 2 heterocycles. The predicted octanol–water partition coefficient (Wildman–Crippen LogP) is 5.56. The molecule has 1 aromatic heterocycles. The van der Waals surface area contributed by atoms with Crippen molar-refractivity contribution in [2.75, 3.05) is 0 Å². The minimum Gasteiger partial charge on any atom is -0.315 e. The second kappa shape index (κ2) is 6.36. The van der Waals surface area contributed by atoms with Gasteiger partial charge >= 0.3 is 0 Å². The molecule has 0 spiro atoms. The molecule has 27 heavy (non-hydrogen) atoms. The van der Waals surface area contributed by atoms with Crippen LogP contribution in [-0.2, 0) is 0 Å². The third-order valence-corrected chi connectivity index (χ3v) is 4.97. The average Bonchev–Trinajstić information content (AvgIpc) is 3.15. The molecule has 3 aromatic carbocycles. The molecule has 130 valence electrons. The van der Waals surface area contributed by atoms with Crippen LogP contribution in [0.4, 0.5) is 4.39 Å². The van der Waals surface area contributed by atoms with Crippen LogP contribution in [0.3, 0.4) is 0 Å². The monoisotopic (exact) mass is 352 g/mol.